The quantitative estimate of drug-likeness (QED) is 0.619. The predicted octanol–water partition coefficient (Wildman–Crippen LogP) is 0.758. The minimum atomic E-state index is -0.414. The summed E-state index contributed by atoms with van der Waals surface area (Å²) in [6, 6.07) is -0.414. The molecule has 0 aliphatic rings. The Labute approximate surface area is 74.2 Å². The summed E-state index contributed by atoms with van der Waals surface area (Å²) in [4.78, 5) is 13.2. The minimum Gasteiger partial charge on any atom is -0.342 e. The third kappa shape index (κ3) is 3.05. The molecule has 0 bridgehead atoms. The molecule has 0 aromatic rings. The maximum absolute atomic E-state index is 11.4. The Morgan fingerprint density at radius 2 is 2.08 bits per heavy atom. The molecule has 0 aromatic heterocycles. The van der Waals surface area contributed by atoms with Gasteiger partial charge in [0.15, 0.2) is 0 Å². The highest BCUT2D eigenvalue weighted by molar-refractivity contribution is 5.81. The summed E-state index contributed by atoms with van der Waals surface area (Å²) in [5.74, 6) is 0.0138. The molecule has 3 heteroatoms. The monoisotopic (exact) mass is 170 g/mol. The van der Waals surface area contributed by atoms with Gasteiger partial charge in [-0.05, 0) is 20.3 Å². The van der Waals surface area contributed by atoms with Crippen LogP contribution < -0.4 is 5.73 Å². The van der Waals surface area contributed by atoms with Crippen molar-refractivity contribution in [2.75, 3.05) is 13.1 Å². The number of rotatable bonds is 5. The van der Waals surface area contributed by atoms with Crippen LogP contribution in [0.15, 0.2) is 12.7 Å². The maximum Gasteiger partial charge on any atom is 0.239 e. The molecule has 0 rings (SSSR count). The zero-order valence-corrected chi connectivity index (χ0v) is 7.92. The standard InChI is InChI=1S/C9H18N2O/c1-4-7-8(10)9(12)11(5-2)6-3/h4,8H,1,5-7,10H2,2-3H3. The fourth-order valence-electron chi connectivity index (χ4n) is 1.05. The Hall–Kier alpha value is -0.830. The summed E-state index contributed by atoms with van der Waals surface area (Å²) in [5.41, 5.74) is 5.62. The Morgan fingerprint density at radius 3 is 2.42 bits per heavy atom. The van der Waals surface area contributed by atoms with Crippen molar-refractivity contribution in [3.05, 3.63) is 12.7 Å². The molecule has 0 aromatic carbocycles. The van der Waals surface area contributed by atoms with Crippen LogP contribution in [0.25, 0.3) is 0 Å². The summed E-state index contributed by atoms with van der Waals surface area (Å²) >= 11 is 0. The predicted molar refractivity (Wildman–Crippen MR) is 50.7 cm³/mol. The second kappa shape index (κ2) is 5.77. The van der Waals surface area contributed by atoms with Crippen LogP contribution in [0.5, 0.6) is 0 Å². The molecule has 70 valence electrons. The van der Waals surface area contributed by atoms with E-state index in [0.29, 0.717) is 6.42 Å². The van der Waals surface area contributed by atoms with Gasteiger partial charge in [0.2, 0.25) is 5.91 Å². The van der Waals surface area contributed by atoms with E-state index in [9.17, 15) is 4.79 Å². The van der Waals surface area contributed by atoms with Crippen LogP contribution in [0.4, 0.5) is 0 Å². The SMILES string of the molecule is C=CCC(N)C(=O)N(CC)CC. The van der Waals surface area contributed by atoms with E-state index in [1.165, 1.54) is 0 Å². The number of nitrogens with zero attached hydrogens (tertiary/aromatic N) is 1. The van der Waals surface area contributed by atoms with Crippen LogP contribution in [0.1, 0.15) is 20.3 Å². The molecule has 0 spiro atoms. The molecule has 0 heterocycles. The van der Waals surface area contributed by atoms with Crippen LogP contribution in [0.2, 0.25) is 0 Å². The summed E-state index contributed by atoms with van der Waals surface area (Å²) in [5, 5.41) is 0. The summed E-state index contributed by atoms with van der Waals surface area (Å²) < 4.78 is 0. The molecule has 0 fully saturated rings. The smallest absolute Gasteiger partial charge is 0.239 e. The van der Waals surface area contributed by atoms with E-state index < -0.39 is 6.04 Å². The van der Waals surface area contributed by atoms with Crippen LogP contribution in [-0.2, 0) is 4.79 Å². The van der Waals surface area contributed by atoms with Crippen molar-refractivity contribution in [2.45, 2.75) is 26.3 Å². The number of hydrogen-bond acceptors (Lipinski definition) is 2. The van der Waals surface area contributed by atoms with Gasteiger partial charge >= 0.3 is 0 Å². The Balaban J connectivity index is 4.05. The number of nitrogens with two attached hydrogens (primary N) is 1. The van der Waals surface area contributed by atoms with E-state index in [-0.39, 0.29) is 5.91 Å². The first-order valence-corrected chi connectivity index (χ1v) is 4.32. The highest BCUT2D eigenvalue weighted by atomic mass is 16.2. The van der Waals surface area contributed by atoms with Crippen LogP contribution >= 0.6 is 0 Å². The highest BCUT2D eigenvalue weighted by Gasteiger charge is 2.16. The van der Waals surface area contributed by atoms with Gasteiger partial charge in [-0.2, -0.15) is 0 Å². The van der Waals surface area contributed by atoms with Gasteiger partial charge in [-0.1, -0.05) is 6.08 Å². The second-order valence-electron chi connectivity index (χ2n) is 2.64. The molecule has 1 unspecified atom stereocenters. The number of carbonyl (C=O) groups excluding carboxylic acids is 1. The molecule has 0 saturated heterocycles. The first kappa shape index (κ1) is 11.2. The molecular weight excluding hydrogens is 152 g/mol. The molecule has 0 aliphatic carbocycles. The zero-order valence-electron chi connectivity index (χ0n) is 7.92. The van der Waals surface area contributed by atoms with Crippen LogP contribution in [-0.4, -0.2) is 29.9 Å². The lowest BCUT2D eigenvalue weighted by Gasteiger charge is -2.21. The van der Waals surface area contributed by atoms with Crippen molar-refractivity contribution in [2.24, 2.45) is 5.73 Å². The lowest BCUT2D eigenvalue weighted by atomic mass is 10.2. The molecule has 1 atom stereocenters. The minimum absolute atomic E-state index is 0.0138. The summed E-state index contributed by atoms with van der Waals surface area (Å²) in [6.45, 7) is 8.88. The largest absolute Gasteiger partial charge is 0.342 e. The zero-order chi connectivity index (χ0) is 9.56. The van der Waals surface area contributed by atoms with Crippen molar-refractivity contribution in [3.8, 4) is 0 Å². The third-order valence-corrected chi connectivity index (χ3v) is 1.81. The molecule has 0 saturated carbocycles. The van der Waals surface area contributed by atoms with Gasteiger partial charge in [0.1, 0.15) is 0 Å². The van der Waals surface area contributed by atoms with Crippen molar-refractivity contribution < 1.29 is 4.79 Å². The Morgan fingerprint density at radius 1 is 1.58 bits per heavy atom. The van der Waals surface area contributed by atoms with Gasteiger partial charge in [0.05, 0.1) is 6.04 Å². The molecular formula is C9H18N2O. The topological polar surface area (TPSA) is 46.3 Å². The fourth-order valence-corrected chi connectivity index (χ4v) is 1.05. The second-order valence-corrected chi connectivity index (χ2v) is 2.64. The van der Waals surface area contributed by atoms with Crippen molar-refractivity contribution >= 4 is 5.91 Å². The average molecular weight is 170 g/mol. The fraction of sp³-hybridized carbons (Fsp3) is 0.667. The first-order valence-electron chi connectivity index (χ1n) is 4.32. The molecule has 0 aliphatic heterocycles. The van der Waals surface area contributed by atoms with E-state index in [1.807, 2.05) is 13.8 Å². The molecule has 3 nitrogen and oxygen atoms in total. The van der Waals surface area contributed by atoms with E-state index in [4.69, 9.17) is 5.73 Å². The lowest BCUT2D eigenvalue weighted by Crippen LogP contribution is -2.43. The molecule has 12 heavy (non-hydrogen) atoms. The maximum atomic E-state index is 11.4. The van der Waals surface area contributed by atoms with E-state index in [1.54, 1.807) is 11.0 Å². The number of carbonyl (C=O) groups is 1. The molecule has 0 radical (unpaired) electrons. The number of likely N-dealkylation sites (N-methyl/N-ethyl adjacent to an activating group) is 1. The summed E-state index contributed by atoms with van der Waals surface area (Å²) in [7, 11) is 0. The van der Waals surface area contributed by atoms with Crippen LogP contribution in [0, 0.1) is 0 Å². The normalized spacial score (nSPS) is 12.2. The van der Waals surface area contributed by atoms with E-state index in [2.05, 4.69) is 6.58 Å². The number of hydrogen-bond donors (Lipinski definition) is 1. The van der Waals surface area contributed by atoms with E-state index in [0.717, 1.165) is 13.1 Å². The van der Waals surface area contributed by atoms with Gasteiger partial charge in [0.25, 0.3) is 0 Å². The van der Waals surface area contributed by atoms with Crippen molar-refractivity contribution in [1.82, 2.24) is 4.90 Å². The lowest BCUT2D eigenvalue weighted by molar-refractivity contribution is -0.132. The van der Waals surface area contributed by atoms with E-state index >= 15 is 0 Å². The Kier molecular flexibility index (Phi) is 5.37. The summed E-state index contributed by atoms with van der Waals surface area (Å²) in [6.07, 6.45) is 2.22. The van der Waals surface area contributed by atoms with Gasteiger partial charge in [-0.25, -0.2) is 0 Å². The number of amides is 1. The molecule has 1 amide bonds. The highest BCUT2D eigenvalue weighted by Crippen LogP contribution is 1.97. The van der Waals surface area contributed by atoms with Gasteiger partial charge in [0, 0.05) is 13.1 Å². The van der Waals surface area contributed by atoms with Crippen molar-refractivity contribution in [1.29, 1.82) is 0 Å². The van der Waals surface area contributed by atoms with Crippen molar-refractivity contribution in [3.63, 3.8) is 0 Å². The average Bonchev–Trinajstić information content (AvgIpc) is 2.07. The van der Waals surface area contributed by atoms with Crippen LogP contribution in [0.3, 0.4) is 0 Å². The van der Waals surface area contributed by atoms with Gasteiger partial charge in [-0.3, -0.25) is 4.79 Å². The third-order valence-electron chi connectivity index (χ3n) is 1.81. The first-order chi connectivity index (χ1) is 5.67. The molecule has 2 N–H and O–H groups in total. The van der Waals surface area contributed by atoms with Gasteiger partial charge in [-0.15, -0.1) is 6.58 Å². The van der Waals surface area contributed by atoms with Gasteiger partial charge < -0.3 is 10.6 Å². The Bertz CT molecular complexity index is 153.